The first kappa shape index (κ1) is 17.4. The average molecular weight is 371 g/mol. The van der Waals surface area contributed by atoms with Gasteiger partial charge in [0.15, 0.2) is 10.8 Å². The van der Waals surface area contributed by atoms with Gasteiger partial charge in [0, 0.05) is 4.90 Å². The standard InChI is InChI=1S/C18H17N3O2S2/c1-3-23-14-8-4-13(5-9-14)21-17(24)16(19)20(18(21)22)12-6-10-15(25-2)11-7-12/h4-11,19H,3H2,1-2H3. The number of benzene rings is 2. The van der Waals surface area contributed by atoms with Gasteiger partial charge in [-0.25, -0.2) is 14.6 Å². The molecule has 2 amide bonds. The van der Waals surface area contributed by atoms with Crippen LogP contribution >= 0.6 is 24.0 Å². The van der Waals surface area contributed by atoms with Gasteiger partial charge in [-0.05, 0) is 61.7 Å². The lowest BCUT2D eigenvalue weighted by Gasteiger charge is -2.17. The highest BCUT2D eigenvalue weighted by Crippen LogP contribution is 2.30. The number of nitrogens with one attached hydrogen (secondary N) is 1. The fourth-order valence-corrected chi connectivity index (χ4v) is 3.22. The number of urea groups is 1. The molecule has 0 bridgehead atoms. The van der Waals surface area contributed by atoms with Gasteiger partial charge in [-0.2, -0.15) is 0 Å². The Bertz CT molecular complexity index is 819. The van der Waals surface area contributed by atoms with Crippen molar-refractivity contribution in [3.63, 3.8) is 0 Å². The van der Waals surface area contributed by atoms with Crippen LogP contribution in [0.25, 0.3) is 0 Å². The number of thiocarbonyl (C=S) groups is 1. The first-order chi connectivity index (χ1) is 12.1. The number of hydrogen-bond donors (Lipinski definition) is 1. The summed E-state index contributed by atoms with van der Waals surface area (Å²) in [6.45, 7) is 2.49. The van der Waals surface area contributed by atoms with Crippen LogP contribution in [-0.4, -0.2) is 29.7 Å². The molecule has 2 aromatic rings. The first-order valence-corrected chi connectivity index (χ1v) is 9.34. The number of carbonyl (C=O) groups is 1. The minimum absolute atomic E-state index is 0.00536. The Morgan fingerprint density at radius 3 is 2.16 bits per heavy atom. The van der Waals surface area contributed by atoms with Crippen LogP contribution in [0.5, 0.6) is 5.75 Å². The zero-order valence-electron chi connectivity index (χ0n) is 13.9. The van der Waals surface area contributed by atoms with Crippen LogP contribution < -0.4 is 14.5 Å². The fourth-order valence-electron chi connectivity index (χ4n) is 2.54. The summed E-state index contributed by atoms with van der Waals surface area (Å²) in [6, 6.07) is 14.2. The van der Waals surface area contributed by atoms with Gasteiger partial charge >= 0.3 is 6.03 Å². The molecule has 1 fully saturated rings. The Hall–Kier alpha value is -2.38. The van der Waals surface area contributed by atoms with E-state index in [-0.39, 0.29) is 16.9 Å². The molecular formula is C18H17N3O2S2. The molecule has 0 atom stereocenters. The number of ether oxygens (including phenoxy) is 1. The minimum Gasteiger partial charge on any atom is -0.494 e. The third-order valence-corrected chi connectivity index (χ3v) is 4.87. The van der Waals surface area contributed by atoms with E-state index in [1.54, 1.807) is 36.0 Å². The maximum atomic E-state index is 12.9. The molecule has 3 rings (SSSR count). The molecule has 7 heteroatoms. The van der Waals surface area contributed by atoms with Crippen molar-refractivity contribution < 1.29 is 9.53 Å². The van der Waals surface area contributed by atoms with E-state index < -0.39 is 0 Å². The van der Waals surface area contributed by atoms with Crippen molar-refractivity contribution >= 4 is 52.2 Å². The number of thioether (sulfide) groups is 1. The van der Waals surface area contributed by atoms with Crippen molar-refractivity contribution in [1.29, 1.82) is 5.41 Å². The Kier molecular flexibility index (Phi) is 5.06. The number of rotatable bonds is 5. The Labute approximate surface area is 156 Å². The summed E-state index contributed by atoms with van der Waals surface area (Å²) in [4.78, 5) is 16.8. The Balaban J connectivity index is 1.90. The van der Waals surface area contributed by atoms with Crippen LogP contribution in [0.4, 0.5) is 16.2 Å². The molecule has 128 valence electrons. The zero-order valence-corrected chi connectivity index (χ0v) is 15.5. The molecule has 25 heavy (non-hydrogen) atoms. The van der Waals surface area contributed by atoms with Crippen molar-refractivity contribution in [3.05, 3.63) is 48.5 Å². The van der Waals surface area contributed by atoms with Gasteiger partial charge in [0.1, 0.15) is 5.75 Å². The summed E-state index contributed by atoms with van der Waals surface area (Å²) in [5.41, 5.74) is 1.25. The Morgan fingerprint density at radius 2 is 1.60 bits per heavy atom. The average Bonchev–Trinajstić information content (AvgIpc) is 2.85. The van der Waals surface area contributed by atoms with Crippen molar-refractivity contribution in [2.45, 2.75) is 11.8 Å². The van der Waals surface area contributed by atoms with E-state index in [1.807, 2.05) is 37.4 Å². The predicted molar refractivity (Wildman–Crippen MR) is 107 cm³/mol. The van der Waals surface area contributed by atoms with E-state index in [4.69, 9.17) is 22.4 Å². The highest BCUT2D eigenvalue weighted by Gasteiger charge is 2.40. The van der Waals surface area contributed by atoms with E-state index >= 15 is 0 Å². The highest BCUT2D eigenvalue weighted by molar-refractivity contribution is 7.98. The lowest BCUT2D eigenvalue weighted by Crippen LogP contribution is -2.33. The molecule has 0 unspecified atom stereocenters. The lowest BCUT2D eigenvalue weighted by atomic mass is 10.3. The molecule has 0 aromatic heterocycles. The monoisotopic (exact) mass is 371 g/mol. The highest BCUT2D eigenvalue weighted by atomic mass is 32.2. The third-order valence-electron chi connectivity index (χ3n) is 3.75. The second kappa shape index (κ2) is 7.25. The molecule has 0 spiro atoms. The minimum atomic E-state index is -0.351. The number of amides is 2. The molecule has 1 N–H and O–H groups in total. The molecule has 1 aliphatic rings. The summed E-state index contributed by atoms with van der Waals surface area (Å²) in [5, 5.41) is 8.26. The molecule has 2 aromatic carbocycles. The van der Waals surface area contributed by atoms with E-state index in [0.29, 0.717) is 18.0 Å². The Morgan fingerprint density at radius 1 is 1.04 bits per heavy atom. The number of nitrogens with zero attached hydrogens (tertiary/aromatic N) is 2. The first-order valence-electron chi connectivity index (χ1n) is 7.70. The van der Waals surface area contributed by atoms with E-state index in [9.17, 15) is 4.79 Å². The van der Waals surface area contributed by atoms with Crippen LogP contribution in [-0.2, 0) is 0 Å². The van der Waals surface area contributed by atoms with E-state index in [0.717, 1.165) is 10.6 Å². The van der Waals surface area contributed by atoms with Crippen LogP contribution in [0.3, 0.4) is 0 Å². The van der Waals surface area contributed by atoms with Gasteiger partial charge in [-0.15, -0.1) is 11.8 Å². The van der Waals surface area contributed by atoms with Gasteiger partial charge in [0.05, 0.1) is 18.0 Å². The molecule has 1 aliphatic heterocycles. The predicted octanol–water partition coefficient (Wildman–Crippen LogP) is 4.56. The van der Waals surface area contributed by atoms with Crippen LogP contribution in [0.2, 0.25) is 0 Å². The second-order valence-electron chi connectivity index (χ2n) is 5.23. The molecule has 0 saturated carbocycles. The fraction of sp³-hybridized carbons (Fsp3) is 0.167. The van der Waals surface area contributed by atoms with Crippen LogP contribution in [0.1, 0.15) is 6.92 Å². The van der Waals surface area contributed by atoms with Gasteiger partial charge in [-0.3, -0.25) is 5.41 Å². The third kappa shape index (κ3) is 3.25. The summed E-state index contributed by atoms with van der Waals surface area (Å²) in [6.07, 6.45) is 1.99. The summed E-state index contributed by atoms with van der Waals surface area (Å²) in [5.74, 6) is 0.731. The molecule has 0 radical (unpaired) electrons. The normalized spacial score (nSPS) is 14.4. The smallest absolute Gasteiger partial charge is 0.340 e. The summed E-state index contributed by atoms with van der Waals surface area (Å²) >= 11 is 6.96. The van der Waals surface area contributed by atoms with Crippen molar-refractivity contribution in [3.8, 4) is 5.75 Å². The maximum absolute atomic E-state index is 12.9. The molecule has 1 heterocycles. The number of carbonyl (C=O) groups excluding carboxylic acids is 1. The number of anilines is 2. The molecule has 1 saturated heterocycles. The maximum Gasteiger partial charge on any atom is 0.340 e. The number of hydrogen-bond acceptors (Lipinski definition) is 5. The quantitative estimate of drug-likeness (QED) is 0.618. The zero-order chi connectivity index (χ0) is 18.0. The van der Waals surface area contributed by atoms with Gasteiger partial charge in [0.2, 0.25) is 0 Å². The van der Waals surface area contributed by atoms with Crippen LogP contribution in [0.15, 0.2) is 53.4 Å². The number of amidine groups is 1. The van der Waals surface area contributed by atoms with Crippen molar-refractivity contribution in [2.24, 2.45) is 0 Å². The van der Waals surface area contributed by atoms with Gasteiger partial charge in [-0.1, -0.05) is 12.2 Å². The van der Waals surface area contributed by atoms with Gasteiger partial charge in [0.25, 0.3) is 0 Å². The van der Waals surface area contributed by atoms with E-state index in [1.165, 1.54) is 9.80 Å². The van der Waals surface area contributed by atoms with Crippen LogP contribution in [0, 0.1) is 5.41 Å². The SMILES string of the molecule is CCOc1ccc(N2C(=O)N(c3ccc(SC)cc3)C(=N)C2=S)cc1. The largest absolute Gasteiger partial charge is 0.494 e. The molecular weight excluding hydrogens is 354 g/mol. The van der Waals surface area contributed by atoms with E-state index in [2.05, 4.69) is 0 Å². The molecule has 0 aliphatic carbocycles. The second-order valence-corrected chi connectivity index (χ2v) is 6.50. The van der Waals surface area contributed by atoms with Gasteiger partial charge < -0.3 is 4.74 Å². The topological polar surface area (TPSA) is 56.6 Å². The summed E-state index contributed by atoms with van der Waals surface area (Å²) < 4.78 is 5.42. The summed E-state index contributed by atoms with van der Waals surface area (Å²) in [7, 11) is 0. The van der Waals surface area contributed by atoms with Crippen molar-refractivity contribution in [2.75, 3.05) is 22.7 Å². The lowest BCUT2D eigenvalue weighted by molar-refractivity contribution is 0.257. The van der Waals surface area contributed by atoms with Crippen molar-refractivity contribution in [1.82, 2.24) is 0 Å². The molecule has 5 nitrogen and oxygen atoms in total.